The first-order valence-electron chi connectivity index (χ1n) is 4.37. The van der Waals surface area contributed by atoms with Crippen LogP contribution in [0.3, 0.4) is 0 Å². The molecule has 74 valence electrons. The molecule has 1 aromatic carbocycles. The van der Waals surface area contributed by atoms with Crippen molar-refractivity contribution in [2.75, 3.05) is 17.7 Å². The SMILES string of the molecule is C=C(C)c1cc(NC=O)ccc1NC. The normalized spacial score (nSPS) is 9.29. The van der Waals surface area contributed by atoms with Gasteiger partial charge in [0.15, 0.2) is 0 Å². The predicted octanol–water partition coefficient (Wildman–Crippen LogP) is 2.33. The van der Waals surface area contributed by atoms with Crippen molar-refractivity contribution < 1.29 is 4.79 Å². The number of nitrogens with one attached hydrogen (secondary N) is 2. The van der Waals surface area contributed by atoms with E-state index in [1.807, 2.05) is 32.2 Å². The Hall–Kier alpha value is -1.77. The van der Waals surface area contributed by atoms with Gasteiger partial charge in [-0.15, -0.1) is 0 Å². The lowest BCUT2D eigenvalue weighted by Crippen LogP contribution is -1.98. The van der Waals surface area contributed by atoms with Crippen molar-refractivity contribution in [2.45, 2.75) is 6.92 Å². The Bertz CT molecular complexity index is 358. The number of rotatable bonds is 4. The highest BCUT2D eigenvalue weighted by Crippen LogP contribution is 2.25. The van der Waals surface area contributed by atoms with Gasteiger partial charge in [0.2, 0.25) is 6.41 Å². The number of carbonyl (C=O) groups is 1. The van der Waals surface area contributed by atoms with Crippen molar-refractivity contribution in [1.82, 2.24) is 0 Å². The highest BCUT2D eigenvalue weighted by Gasteiger charge is 2.02. The molecule has 0 saturated heterocycles. The Balaban J connectivity index is 3.13. The summed E-state index contributed by atoms with van der Waals surface area (Å²) in [5, 5.41) is 5.67. The first-order valence-corrected chi connectivity index (χ1v) is 4.37. The van der Waals surface area contributed by atoms with E-state index < -0.39 is 0 Å². The number of hydrogen-bond acceptors (Lipinski definition) is 2. The molecule has 0 saturated carbocycles. The summed E-state index contributed by atoms with van der Waals surface area (Å²) in [7, 11) is 1.86. The molecule has 0 aliphatic carbocycles. The van der Waals surface area contributed by atoms with Gasteiger partial charge in [0.05, 0.1) is 0 Å². The largest absolute Gasteiger partial charge is 0.388 e. The topological polar surface area (TPSA) is 41.1 Å². The van der Waals surface area contributed by atoms with Crippen LogP contribution in [0.5, 0.6) is 0 Å². The first kappa shape index (κ1) is 10.3. The van der Waals surface area contributed by atoms with Gasteiger partial charge in [0.25, 0.3) is 0 Å². The highest BCUT2D eigenvalue weighted by atomic mass is 16.1. The van der Waals surface area contributed by atoms with E-state index in [0.717, 1.165) is 22.5 Å². The van der Waals surface area contributed by atoms with E-state index in [1.54, 1.807) is 0 Å². The van der Waals surface area contributed by atoms with E-state index >= 15 is 0 Å². The third-order valence-electron chi connectivity index (χ3n) is 1.97. The highest BCUT2D eigenvalue weighted by molar-refractivity contribution is 5.80. The molecule has 0 radical (unpaired) electrons. The lowest BCUT2D eigenvalue weighted by atomic mass is 10.1. The molecular formula is C11H14N2O. The molecule has 0 aliphatic rings. The van der Waals surface area contributed by atoms with Gasteiger partial charge in [-0.05, 0) is 30.7 Å². The van der Waals surface area contributed by atoms with Gasteiger partial charge in [-0.25, -0.2) is 0 Å². The zero-order valence-electron chi connectivity index (χ0n) is 8.42. The van der Waals surface area contributed by atoms with E-state index in [-0.39, 0.29) is 0 Å². The molecule has 1 rings (SSSR count). The van der Waals surface area contributed by atoms with E-state index in [1.165, 1.54) is 0 Å². The maximum atomic E-state index is 10.3. The van der Waals surface area contributed by atoms with Crippen LogP contribution in [-0.4, -0.2) is 13.5 Å². The van der Waals surface area contributed by atoms with Gasteiger partial charge in [-0.1, -0.05) is 6.58 Å². The summed E-state index contributed by atoms with van der Waals surface area (Å²) in [5.41, 5.74) is 3.76. The minimum absolute atomic E-state index is 0.663. The second-order valence-corrected chi connectivity index (χ2v) is 3.05. The van der Waals surface area contributed by atoms with Gasteiger partial charge < -0.3 is 10.6 Å². The van der Waals surface area contributed by atoms with Crippen LogP contribution in [0.1, 0.15) is 12.5 Å². The molecule has 1 amide bonds. The van der Waals surface area contributed by atoms with Crippen molar-refractivity contribution in [2.24, 2.45) is 0 Å². The molecule has 0 atom stereocenters. The van der Waals surface area contributed by atoms with Crippen LogP contribution in [0.15, 0.2) is 24.8 Å². The fraction of sp³-hybridized carbons (Fsp3) is 0.182. The number of allylic oxidation sites excluding steroid dienone is 1. The molecule has 2 N–H and O–H groups in total. The fourth-order valence-electron chi connectivity index (χ4n) is 1.27. The lowest BCUT2D eigenvalue weighted by molar-refractivity contribution is -0.105. The minimum atomic E-state index is 0.663. The summed E-state index contributed by atoms with van der Waals surface area (Å²) in [6.45, 7) is 5.81. The van der Waals surface area contributed by atoms with E-state index in [9.17, 15) is 4.79 Å². The summed E-state index contributed by atoms with van der Waals surface area (Å²) in [4.78, 5) is 10.3. The summed E-state index contributed by atoms with van der Waals surface area (Å²) < 4.78 is 0. The van der Waals surface area contributed by atoms with Gasteiger partial charge in [0, 0.05) is 24.0 Å². The molecule has 0 heterocycles. The number of hydrogen-bond donors (Lipinski definition) is 2. The summed E-state index contributed by atoms with van der Waals surface area (Å²) >= 11 is 0. The predicted molar refractivity (Wildman–Crippen MR) is 60.4 cm³/mol. The van der Waals surface area contributed by atoms with E-state index in [0.29, 0.717) is 6.41 Å². The molecule has 0 aliphatic heterocycles. The smallest absolute Gasteiger partial charge is 0.211 e. The molecule has 0 aromatic heterocycles. The van der Waals surface area contributed by atoms with Crippen LogP contribution in [0.2, 0.25) is 0 Å². The number of benzene rings is 1. The average Bonchev–Trinajstić information content (AvgIpc) is 2.18. The van der Waals surface area contributed by atoms with Crippen LogP contribution < -0.4 is 10.6 Å². The zero-order valence-corrected chi connectivity index (χ0v) is 8.42. The number of anilines is 2. The number of amides is 1. The minimum Gasteiger partial charge on any atom is -0.388 e. The lowest BCUT2D eigenvalue weighted by Gasteiger charge is -2.10. The molecular weight excluding hydrogens is 176 g/mol. The molecule has 0 unspecified atom stereocenters. The molecule has 14 heavy (non-hydrogen) atoms. The van der Waals surface area contributed by atoms with Crippen LogP contribution >= 0.6 is 0 Å². The Morgan fingerprint density at radius 1 is 1.50 bits per heavy atom. The maximum Gasteiger partial charge on any atom is 0.211 e. The van der Waals surface area contributed by atoms with Crippen LogP contribution in [-0.2, 0) is 4.79 Å². The fourth-order valence-corrected chi connectivity index (χ4v) is 1.27. The van der Waals surface area contributed by atoms with Gasteiger partial charge in [0.1, 0.15) is 0 Å². The monoisotopic (exact) mass is 190 g/mol. The van der Waals surface area contributed by atoms with Gasteiger partial charge in [-0.3, -0.25) is 4.79 Å². The molecule has 0 bridgehead atoms. The second-order valence-electron chi connectivity index (χ2n) is 3.05. The van der Waals surface area contributed by atoms with E-state index in [4.69, 9.17) is 0 Å². The third kappa shape index (κ3) is 2.13. The summed E-state index contributed by atoms with van der Waals surface area (Å²) in [5.74, 6) is 0. The Labute approximate surface area is 83.8 Å². The average molecular weight is 190 g/mol. The van der Waals surface area contributed by atoms with Crippen molar-refractivity contribution in [3.8, 4) is 0 Å². The van der Waals surface area contributed by atoms with Crippen molar-refractivity contribution in [3.63, 3.8) is 0 Å². The number of carbonyl (C=O) groups excluding carboxylic acids is 1. The van der Waals surface area contributed by atoms with Gasteiger partial charge >= 0.3 is 0 Å². The van der Waals surface area contributed by atoms with Gasteiger partial charge in [-0.2, -0.15) is 0 Å². The quantitative estimate of drug-likeness (QED) is 0.715. The Morgan fingerprint density at radius 3 is 2.71 bits per heavy atom. The second kappa shape index (κ2) is 4.46. The molecule has 3 heteroatoms. The van der Waals surface area contributed by atoms with Crippen LogP contribution in [0.25, 0.3) is 5.57 Å². The molecule has 0 fully saturated rings. The summed E-state index contributed by atoms with van der Waals surface area (Å²) in [6, 6.07) is 5.64. The Kier molecular flexibility index (Phi) is 3.29. The maximum absolute atomic E-state index is 10.3. The van der Waals surface area contributed by atoms with E-state index in [2.05, 4.69) is 17.2 Å². The molecule has 3 nitrogen and oxygen atoms in total. The van der Waals surface area contributed by atoms with Crippen molar-refractivity contribution >= 4 is 23.4 Å². The third-order valence-corrected chi connectivity index (χ3v) is 1.97. The summed E-state index contributed by atoms with van der Waals surface area (Å²) in [6.07, 6.45) is 0.663. The molecule has 1 aromatic rings. The standard InChI is InChI=1S/C11H14N2O/c1-8(2)10-6-9(13-7-14)4-5-11(10)12-3/h4-7,12H,1H2,2-3H3,(H,13,14). The van der Waals surface area contributed by atoms with Crippen molar-refractivity contribution in [1.29, 1.82) is 0 Å². The molecule has 0 spiro atoms. The zero-order chi connectivity index (χ0) is 10.6. The van der Waals surface area contributed by atoms with Crippen LogP contribution in [0, 0.1) is 0 Å². The van der Waals surface area contributed by atoms with Crippen molar-refractivity contribution in [3.05, 3.63) is 30.3 Å². The Morgan fingerprint density at radius 2 is 2.21 bits per heavy atom. The van der Waals surface area contributed by atoms with Crippen LogP contribution in [0.4, 0.5) is 11.4 Å². The first-order chi connectivity index (χ1) is 6.69.